The summed E-state index contributed by atoms with van der Waals surface area (Å²) >= 11 is 0. The van der Waals surface area contributed by atoms with Crippen molar-refractivity contribution in [1.82, 2.24) is 4.90 Å². The first-order valence-corrected chi connectivity index (χ1v) is 12.3. The number of hydrogen-bond donors (Lipinski definition) is 0. The lowest BCUT2D eigenvalue weighted by molar-refractivity contribution is 0.0666. The van der Waals surface area contributed by atoms with E-state index in [9.17, 15) is 13.2 Å². The highest BCUT2D eigenvalue weighted by Crippen LogP contribution is 2.27. The Morgan fingerprint density at radius 1 is 1.13 bits per heavy atom. The Labute approximate surface area is 177 Å². The van der Waals surface area contributed by atoms with Gasteiger partial charge in [0, 0.05) is 30.8 Å². The van der Waals surface area contributed by atoms with Crippen LogP contribution in [0.15, 0.2) is 40.8 Å². The van der Waals surface area contributed by atoms with E-state index in [1.807, 2.05) is 12.1 Å². The number of carbonyl (C=O) groups excluding carboxylic acids is 1. The average Bonchev–Trinajstić information content (AvgIpc) is 3.38. The molecule has 2 fully saturated rings. The van der Waals surface area contributed by atoms with Crippen LogP contribution >= 0.6 is 0 Å². The van der Waals surface area contributed by atoms with Crippen LogP contribution in [0.3, 0.4) is 0 Å². The fourth-order valence-corrected chi connectivity index (χ4v) is 5.92. The van der Waals surface area contributed by atoms with E-state index in [1.54, 1.807) is 36.3 Å². The number of rotatable bonds is 6. The Morgan fingerprint density at radius 2 is 1.87 bits per heavy atom. The molecule has 2 aliphatic rings. The molecule has 1 aromatic heterocycles. The summed E-state index contributed by atoms with van der Waals surface area (Å²) in [6.07, 6.45) is 3.99. The minimum Gasteiger partial charge on any atom is -0.497 e. The third-order valence-electron chi connectivity index (χ3n) is 5.89. The van der Waals surface area contributed by atoms with Crippen molar-refractivity contribution in [2.45, 2.75) is 38.3 Å². The van der Waals surface area contributed by atoms with Crippen LogP contribution in [0.25, 0.3) is 0 Å². The Balaban J connectivity index is 1.56. The number of nitrogens with zero attached hydrogens (tertiary/aromatic N) is 2. The molecule has 1 aromatic carbocycles. The first kappa shape index (κ1) is 20.8. The van der Waals surface area contributed by atoms with Crippen LogP contribution in [-0.2, 0) is 16.4 Å². The lowest BCUT2D eigenvalue weighted by Gasteiger charge is -2.28. The lowest BCUT2D eigenvalue weighted by atomic mass is 10.1. The van der Waals surface area contributed by atoms with Gasteiger partial charge in [-0.15, -0.1) is 0 Å². The molecule has 2 aromatic rings. The number of benzene rings is 1. The minimum absolute atomic E-state index is 0.00537. The van der Waals surface area contributed by atoms with Gasteiger partial charge < -0.3 is 19.0 Å². The van der Waals surface area contributed by atoms with Crippen LogP contribution in [0, 0.1) is 0 Å². The van der Waals surface area contributed by atoms with Crippen molar-refractivity contribution in [3.8, 4) is 5.75 Å². The maximum absolute atomic E-state index is 13.3. The molecule has 4 rings (SSSR count). The molecule has 3 heterocycles. The van der Waals surface area contributed by atoms with Crippen molar-refractivity contribution < 1.29 is 22.4 Å². The Morgan fingerprint density at radius 3 is 2.50 bits per heavy atom. The van der Waals surface area contributed by atoms with Crippen molar-refractivity contribution in [2.24, 2.45) is 0 Å². The summed E-state index contributed by atoms with van der Waals surface area (Å²) in [5.41, 5.74) is 0.503. The maximum Gasteiger partial charge on any atom is 0.254 e. The van der Waals surface area contributed by atoms with Crippen molar-refractivity contribution >= 4 is 21.6 Å². The number of furan rings is 1. The van der Waals surface area contributed by atoms with E-state index in [0.717, 1.165) is 31.8 Å². The van der Waals surface area contributed by atoms with Crippen LogP contribution in [0.1, 0.15) is 41.8 Å². The molecule has 30 heavy (non-hydrogen) atoms. The van der Waals surface area contributed by atoms with Gasteiger partial charge in [0.2, 0.25) is 0 Å². The van der Waals surface area contributed by atoms with Gasteiger partial charge >= 0.3 is 0 Å². The maximum atomic E-state index is 13.3. The summed E-state index contributed by atoms with van der Waals surface area (Å²) in [6, 6.07) is 10.4. The number of methoxy groups -OCH3 is 1. The molecule has 0 N–H and O–H groups in total. The van der Waals surface area contributed by atoms with Crippen molar-refractivity contribution in [3.05, 3.63) is 47.7 Å². The normalized spacial score (nSPS) is 20.8. The van der Waals surface area contributed by atoms with Crippen molar-refractivity contribution in [2.75, 3.05) is 36.6 Å². The van der Waals surface area contributed by atoms with Crippen LogP contribution < -0.4 is 9.64 Å². The second-order valence-corrected chi connectivity index (χ2v) is 10.2. The largest absolute Gasteiger partial charge is 0.497 e. The van der Waals surface area contributed by atoms with Crippen LogP contribution in [-0.4, -0.2) is 57.0 Å². The third-order valence-corrected chi connectivity index (χ3v) is 7.64. The minimum atomic E-state index is -3.12. The molecule has 1 atom stereocenters. The molecule has 0 saturated carbocycles. The number of carbonyl (C=O) groups is 1. The third kappa shape index (κ3) is 4.64. The molecule has 1 unspecified atom stereocenters. The summed E-state index contributed by atoms with van der Waals surface area (Å²) < 4.78 is 35.4. The molecule has 8 heteroatoms. The van der Waals surface area contributed by atoms with E-state index in [1.165, 1.54) is 6.42 Å². The number of hydrogen-bond acceptors (Lipinski definition) is 6. The summed E-state index contributed by atoms with van der Waals surface area (Å²) in [5.74, 6) is 2.06. The zero-order valence-corrected chi connectivity index (χ0v) is 18.1. The number of anilines is 1. The van der Waals surface area contributed by atoms with E-state index >= 15 is 0 Å². The summed E-state index contributed by atoms with van der Waals surface area (Å²) in [4.78, 5) is 17.2. The quantitative estimate of drug-likeness (QED) is 0.698. The van der Waals surface area contributed by atoms with Crippen LogP contribution in [0.5, 0.6) is 5.75 Å². The molecule has 0 aliphatic carbocycles. The molecule has 0 spiro atoms. The zero-order valence-electron chi connectivity index (χ0n) is 17.2. The molecule has 162 valence electrons. The topological polar surface area (TPSA) is 80.1 Å². The van der Waals surface area contributed by atoms with Gasteiger partial charge in [0.1, 0.15) is 11.5 Å². The highest BCUT2D eigenvalue weighted by atomic mass is 32.2. The van der Waals surface area contributed by atoms with E-state index in [0.29, 0.717) is 23.5 Å². The number of ether oxygens (including phenoxy) is 1. The fourth-order valence-electron chi connectivity index (χ4n) is 4.19. The predicted molar refractivity (Wildman–Crippen MR) is 115 cm³/mol. The van der Waals surface area contributed by atoms with Gasteiger partial charge in [0.15, 0.2) is 15.7 Å². The lowest BCUT2D eigenvalue weighted by Crippen LogP contribution is -2.40. The standard InChI is InChI=1S/C22H28N2O5S/c1-28-19-7-5-17(6-8-19)22(25)24(18-11-14-30(26,27)16-18)15-20-9-10-21(29-20)23-12-3-2-4-13-23/h5-10,18H,2-4,11-16H2,1H3. The molecular formula is C22H28N2O5S. The highest BCUT2D eigenvalue weighted by Gasteiger charge is 2.35. The van der Waals surface area contributed by atoms with Crippen LogP contribution in [0.4, 0.5) is 5.88 Å². The Bertz CT molecular complexity index is 977. The van der Waals surface area contributed by atoms with E-state index in [4.69, 9.17) is 9.15 Å². The van der Waals surface area contributed by atoms with Gasteiger partial charge in [0.05, 0.1) is 25.2 Å². The van der Waals surface area contributed by atoms with E-state index < -0.39 is 9.84 Å². The van der Waals surface area contributed by atoms with E-state index in [2.05, 4.69) is 4.90 Å². The first-order chi connectivity index (χ1) is 14.4. The number of piperidine rings is 1. The highest BCUT2D eigenvalue weighted by molar-refractivity contribution is 7.91. The molecule has 2 saturated heterocycles. The first-order valence-electron chi connectivity index (χ1n) is 10.4. The van der Waals surface area contributed by atoms with Crippen molar-refractivity contribution in [3.63, 3.8) is 0 Å². The molecule has 2 aliphatic heterocycles. The molecule has 0 radical (unpaired) electrons. The monoisotopic (exact) mass is 432 g/mol. The Hall–Kier alpha value is -2.48. The van der Waals surface area contributed by atoms with Gasteiger partial charge in [-0.05, 0) is 56.0 Å². The van der Waals surface area contributed by atoms with Crippen LogP contribution in [0.2, 0.25) is 0 Å². The number of sulfone groups is 1. The second kappa shape index (κ2) is 8.71. The van der Waals surface area contributed by atoms with Gasteiger partial charge in [-0.2, -0.15) is 0 Å². The van der Waals surface area contributed by atoms with Gasteiger partial charge in [-0.3, -0.25) is 4.79 Å². The van der Waals surface area contributed by atoms with Gasteiger partial charge in [0.25, 0.3) is 5.91 Å². The predicted octanol–water partition coefficient (Wildman–Crippen LogP) is 3.11. The fraction of sp³-hybridized carbons (Fsp3) is 0.500. The van der Waals surface area contributed by atoms with Gasteiger partial charge in [-0.1, -0.05) is 0 Å². The smallest absolute Gasteiger partial charge is 0.254 e. The summed E-state index contributed by atoms with van der Waals surface area (Å²) in [5, 5.41) is 0. The molecule has 1 amide bonds. The summed E-state index contributed by atoms with van der Waals surface area (Å²) in [6.45, 7) is 2.20. The molecular weight excluding hydrogens is 404 g/mol. The Kier molecular flexibility index (Phi) is 6.04. The summed E-state index contributed by atoms with van der Waals surface area (Å²) in [7, 11) is -1.55. The average molecular weight is 433 g/mol. The van der Waals surface area contributed by atoms with E-state index in [-0.39, 0.29) is 30.0 Å². The van der Waals surface area contributed by atoms with Crippen molar-refractivity contribution in [1.29, 1.82) is 0 Å². The second-order valence-electron chi connectivity index (χ2n) is 8.01. The SMILES string of the molecule is COc1ccc(C(=O)N(Cc2ccc(N3CCCCC3)o2)C2CCS(=O)(=O)C2)cc1. The number of amides is 1. The molecule has 0 bridgehead atoms. The van der Waals surface area contributed by atoms with Gasteiger partial charge in [-0.25, -0.2) is 8.42 Å². The zero-order chi connectivity index (χ0) is 21.1. The molecule has 7 nitrogen and oxygen atoms in total.